The van der Waals surface area contributed by atoms with Gasteiger partial charge in [-0.1, -0.05) is 90.0 Å². The molecule has 0 unspecified atom stereocenters. The van der Waals surface area contributed by atoms with Crippen molar-refractivity contribution in [2.45, 2.75) is 79.5 Å². The van der Waals surface area contributed by atoms with Crippen molar-refractivity contribution in [3.05, 3.63) is 108 Å². The molecule has 4 aromatic heterocycles. The maximum Gasteiger partial charge on any atom is 0.114 e. The maximum atomic E-state index is 8.55. The van der Waals surface area contributed by atoms with Crippen LogP contribution < -0.4 is 5.19 Å². The Morgan fingerprint density at radius 1 is 0.978 bits per heavy atom. The second-order valence-electron chi connectivity index (χ2n) is 12.1. The Labute approximate surface area is 318 Å². The Bertz CT molecular complexity index is 2540. The van der Waals surface area contributed by atoms with Crippen LogP contribution in [0.2, 0.25) is 19.6 Å². The molecule has 4 heterocycles. The minimum Gasteiger partial charge on any atom is -0.305 e. The fourth-order valence-electron chi connectivity index (χ4n) is 4.88. The van der Waals surface area contributed by atoms with Gasteiger partial charge in [0.15, 0.2) is 0 Å². The Morgan fingerprint density at radius 3 is 2.48 bits per heavy atom. The summed E-state index contributed by atoms with van der Waals surface area (Å²) in [6, 6.07) is 21.7. The second-order valence-corrected chi connectivity index (χ2v) is 18.1. The summed E-state index contributed by atoms with van der Waals surface area (Å²) < 4.78 is 136. The summed E-state index contributed by atoms with van der Waals surface area (Å²) in [5.41, 5.74) is -1.51. The van der Waals surface area contributed by atoms with Crippen molar-refractivity contribution < 1.29 is 43.4 Å². The number of hydrogen-bond acceptors (Lipinski definition) is 4. The van der Waals surface area contributed by atoms with E-state index < -0.39 is 59.7 Å². The molecule has 3 nitrogen and oxygen atoms in total. The van der Waals surface area contributed by atoms with E-state index in [1.807, 2.05) is 50.4 Å². The molecule has 2 aromatic carbocycles. The third kappa shape index (κ3) is 8.09. The number of aromatic nitrogens is 3. The molecule has 0 aliphatic carbocycles. The number of aryl methyl sites for hydroxylation is 2. The minimum atomic E-state index is -3.49. The zero-order chi connectivity index (χ0) is 46.8. The van der Waals surface area contributed by atoms with Gasteiger partial charge in [0, 0.05) is 66.9 Å². The Kier molecular flexibility index (Phi) is 5.97. The molecule has 0 saturated heterocycles. The summed E-state index contributed by atoms with van der Waals surface area (Å²) in [5.74, 6) is -0.0856. The fraction of sp³-hybridized carbons (Fsp3) is 0.325. The molecule has 241 valence electrons. The van der Waals surface area contributed by atoms with Gasteiger partial charge < -0.3 is 9.97 Å². The molecule has 6 rings (SSSR count). The van der Waals surface area contributed by atoms with Crippen LogP contribution in [0.15, 0.2) is 73.1 Å². The van der Waals surface area contributed by atoms with E-state index in [1.54, 1.807) is 0 Å². The van der Waals surface area contributed by atoms with Gasteiger partial charge in [-0.05, 0) is 63.5 Å². The van der Waals surface area contributed by atoms with Crippen LogP contribution in [0.4, 0.5) is 0 Å². The van der Waals surface area contributed by atoms with Crippen LogP contribution in [0.5, 0.6) is 0 Å². The fourth-order valence-corrected chi connectivity index (χ4v) is 7.49. The Balaban J connectivity index is 0.000000321. The van der Waals surface area contributed by atoms with Gasteiger partial charge >= 0.3 is 0 Å². The summed E-state index contributed by atoms with van der Waals surface area (Å²) in [4.78, 5) is 13.2. The molecule has 0 aliphatic rings. The van der Waals surface area contributed by atoms with Crippen LogP contribution in [-0.2, 0) is 31.9 Å². The number of benzene rings is 2. The van der Waals surface area contributed by atoms with Crippen LogP contribution >= 0.6 is 11.3 Å². The van der Waals surface area contributed by atoms with Gasteiger partial charge in [-0.3, -0.25) is 0 Å². The van der Waals surface area contributed by atoms with Crippen LogP contribution in [-0.4, -0.2) is 23.0 Å². The summed E-state index contributed by atoms with van der Waals surface area (Å²) >= 11 is 0.958. The minimum absolute atomic E-state index is 0. The molecule has 0 aliphatic heterocycles. The monoisotopic (exact) mass is 837 g/mol. The van der Waals surface area contributed by atoms with Gasteiger partial charge in [-0.25, -0.2) is 4.98 Å². The van der Waals surface area contributed by atoms with Crippen molar-refractivity contribution in [2.24, 2.45) is 5.92 Å². The average molecular weight is 837 g/mol. The molecule has 0 spiro atoms. The van der Waals surface area contributed by atoms with Crippen LogP contribution in [0, 0.1) is 31.8 Å². The van der Waals surface area contributed by atoms with E-state index in [-0.39, 0.29) is 63.5 Å². The Hall–Kier alpha value is -3.02. The Morgan fingerprint density at radius 2 is 1.80 bits per heavy atom. The largest absolute Gasteiger partial charge is 0.305 e. The first-order chi connectivity index (χ1) is 28.2. The van der Waals surface area contributed by atoms with Crippen LogP contribution in [0.25, 0.3) is 42.8 Å². The van der Waals surface area contributed by atoms with E-state index in [2.05, 4.69) is 46.7 Å². The molecule has 0 amide bonds. The van der Waals surface area contributed by atoms with Crippen molar-refractivity contribution in [1.82, 2.24) is 15.0 Å². The number of rotatable bonds is 5. The normalized spacial score (nSPS) is 19.0. The van der Waals surface area contributed by atoms with E-state index in [1.165, 1.54) is 18.2 Å². The van der Waals surface area contributed by atoms with Gasteiger partial charge in [-0.2, -0.15) is 11.3 Å². The number of pyridine rings is 3. The molecule has 0 saturated carbocycles. The van der Waals surface area contributed by atoms with E-state index >= 15 is 0 Å². The molecule has 1 radical (unpaired) electrons. The third-order valence-electron chi connectivity index (χ3n) is 7.00. The molecule has 46 heavy (non-hydrogen) atoms. The van der Waals surface area contributed by atoms with Gasteiger partial charge in [0.05, 0.1) is 8.07 Å². The van der Waals surface area contributed by atoms with Crippen molar-refractivity contribution in [3.8, 4) is 22.5 Å². The first-order valence-electron chi connectivity index (χ1n) is 22.9. The average Bonchev–Trinajstić information content (AvgIpc) is 3.51. The molecule has 0 atom stereocenters. The number of fused-ring (bicyclic) bond motifs is 3. The summed E-state index contributed by atoms with van der Waals surface area (Å²) in [5, 5.41) is 1.68. The third-order valence-corrected chi connectivity index (χ3v) is 10.1. The molecule has 0 fully saturated rings. The maximum absolute atomic E-state index is 8.55. The molecule has 0 bridgehead atoms. The smallest absolute Gasteiger partial charge is 0.114 e. The van der Waals surface area contributed by atoms with Crippen molar-refractivity contribution in [1.29, 1.82) is 0 Å². The van der Waals surface area contributed by atoms with E-state index in [0.717, 1.165) is 51.7 Å². The number of nitrogens with zero attached hydrogens (tertiary/aromatic N) is 3. The first kappa shape index (κ1) is 19.1. The standard InChI is InChI=1S/C22H21N2S.C18H24NSi.Ir/c1-13-6-8-16(18-12-15(10-11-23-18)22(3,4)5)20-19(13)17-9-7-14(2)24-21(17)25-20;1-14(2)11-16-12-17(15-9-7-6-8-10-15)19-13-18(16)20(3,4)5;/h6-7,9-12H,1-5H3;6-9,12-14H,11H2,1-5H3;/q2*-1;/i1D3,2D3,3D3,4D3,5D3;11D2;. The number of thiophene rings is 1. The summed E-state index contributed by atoms with van der Waals surface area (Å²) in [7, 11) is -1.67. The topological polar surface area (TPSA) is 38.7 Å². The quantitative estimate of drug-likeness (QED) is 0.128. The van der Waals surface area contributed by atoms with Crippen molar-refractivity contribution in [3.63, 3.8) is 0 Å². The van der Waals surface area contributed by atoms with Crippen LogP contribution in [0.1, 0.15) is 80.1 Å². The summed E-state index contributed by atoms with van der Waals surface area (Å²) in [6.45, 7) is -5.01. The molecular formula is C40H45IrN3SSi-2. The molecule has 6 heteroatoms. The van der Waals surface area contributed by atoms with Crippen LogP contribution in [0.3, 0.4) is 0 Å². The second kappa shape index (κ2) is 14.4. The van der Waals surface area contributed by atoms with Crippen molar-refractivity contribution in [2.75, 3.05) is 0 Å². The van der Waals surface area contributed by atoms with E-state index in [0.29, 0.717) is 5.39 Å². The molecule has 0 N–H and O–H groups in total. The van der Waals surface area contributed by atoms with Gasteiger partial charge in [0.2, 0.25) is 0 Å². The molecule has 6 aromatic rings. The first-order valence-corrected chi connectivity index (χ1v) is 18.7. The predicted molar refractivity (Wildman–Crippen MR) is 197 cm³/mol. The van der Waals surface area contributed by atoms with Crippen molar-refractivity contribution >= 4 is 44.9 Å². The summed E-state index contributed by atoms with van der Waals surface area (Å²) in [6.07, 6.45) is 1.61. The number of hydrogen-bond donors (Lipinski definition) is 0. The van der Waals surface area contributed by atoms with E-state index in [4.69, 9.17) is 23.3 Å². The van der Waals surface area contributed by atoms with Gasteiger partial charge in [0.1, 0.15) is 4.83 Å². The predicted octanol–water partition coefficient (Wildman–Crippen LogP) is 10.5. The molecular weight excluding hydrogens is 775 g/mol. The SMILES string of the molecule is [2H]C([2H])([2H])c1ccc2c(n1)sc1c(-c3cc(C(C([2H])([2H])[2H])(C([2H])([2H])[2H])C([2H])([2H])[2H])ccn3)[c-]cc(C([2H])([2H])[2H])c12.[2H]C([2H])(c1cc(-c2[c-]cccc2)ncc1[Si](C)(C)C)C(C)C.[Ir]. The zero-order valence-electron chi connectivity index (χ0n) is 43.1. The van der Waals surface area contributed by atoms with Gasteiger partial charge in [-0.15, -0.1) is 59.2 Å². The van der Waals surface area contributed by atoms with E-state index in [9.17, 15) is 0 Å². The van der Waals surface area contributed by atoms with Gasteiger partial charge in [0.25, 0.3) is 0 Å². The zero-order valence-corrected chi connectivity index (χ0v) is 30.3.